The van der Waals surface area contributed by atoms with Crippen molar-refractivity contribution in [3.63, 3.8) is 0 Å². The summed E-state index contributed by atoms with van der Waals surface area (Å²) in [6.07, 6.45) is 0.456. The van der Waals surface area contributed by atoms with Gasteiger partial charge in [0.25, 0.3) is 0 Å². The van der Waals surface area contributed by atoms with E-state index < -0.39 is 19.5 Å². The molecular formula is C18H27BN2O5. The number of nitrogens with zero attached hydrogens (tertiary/aromatic N) is 1. The lowest BCUT2D eigenvalue weighted by Gasteiger charge is -2.27. The first-order valence-electron chi connectivity index (χ1n) is 8.44. The summed E-state index contributed by atoms with van der Waals surface area (Å²) in [6.45, 7) is 10.7. The number of nitrogens with one attached hydrogen (secondary N) is 1. The summed E-state index contributed by atoms with van der Waals surface area (Å²) in [5.74, 6) is -0.825. The molecule has 0 aliphatic rings. The van der Waals surface area contributed by atoms with E-state index in [1.165, 1.54) is 4.90 Å². The molecule has 0 radical (unpaired) electrons. The lowest BCUT2D eigenvalue weighted by Crippen LogP contribution is -2.48. The molecule has 0 heterocycles. The van der Waals surface area contributed by atoms with E-state index in [9.17, 15) is 9.59 Å². The molecule has 7 nitrogen and oxygen atoms in total. The fourth-order valence-corrected chi connectivity index (χ4v) is 2.57. The second kappa shape index (κ2) is 10.1. The molecule has 0 fully saturated rings. The van der Waals surface area contributed by atoms with Crippen molar-refractivity contribution >= 4 is 19.1 Å². The molecule has 1 aromatic rings. The molecule has 2 amide bonds. The van der Waals surface area contributed by atoms with Crippen LogP contribution in [-0.4, -0.2) is 52.9 Å². The van der Waals surface area contributed by atoms with E-state index in [0.717, 1.165) is 22.8 Å². The third kappa shape index (κ3) is 6.99. The fraction of sp³-hybridized carbons (Fsp3) is 0.444. The van der Waals surface area contributed by atoms with Gasteiger partial charge in [-0.25, -0.2) is 0 Å². The van der Waals surface area contributed by atoms with Crippen LogP contribution in [0, 0.1) is 13.8 Å². The highest BCUT2D eigenvalue weighted by Gasteiger charge is 2.24. The first kappa shape index (κ1) is 21.9. The van der Waals surface area contributed by atoms with Crippen molar-refractivity contribution in [3.8, 4) is 0 Å². The van der Waals surface area contributed by atoms with Gasteiger partial charge < -0.3 is 24.9 Å². The Balaban J connectivity index is 2.84. The summed E-state index contributed by atoms with van der Waals surface area (Å²) in [5, 5.41) is 20.8. The van der Waals surface area contributed by atoms with Crippen LogP contribution in [-0.2, 0) is 20.7 Å². The zero-order valence-electron chi connectivity index (χ0n) is 15.7. The molecule has 3 N–H and O–H groups in total. The van der Waals surface area contributed by atoms with Crippen molar-refractivity contribution in [2.24, 2.45) is 0 Å². The Labute approximate surface area is 154 Å². The van der Waals surface area contributed by atoms with Gasteiger partial charge in [-0.05, 0) is 44.9 Å². The lowest BCUT2D eigenvalue weighted by atomic mass is 10.0. The van der Waals surface area contributed by atoms with Crippen LogP contribution in [0.2, 0.25) is 0 Å². The molecule has 0 bridgehead atoms. The van der Waals surface area contributed by atoms with Crippen LogP contribution >= 0.6 is 0 Å². The number of carbonyl (C=O) groups is 2. The van der Waals surface area contributed by atoms with Gasteiger partial charge in [0.2, 0.25) is 11.8 Å². The Bertz CT molecular complexity index is 648. The van der Waals surface area contributed by atoms with Crippen molar-refractivity contribution in [2.45, 2.75) is 46.4 Å². The van der Waals surface area contributed by atoms with E-state index in [4.69, 9.17) is 14.7 Å². The molecule has 0 aliphatic heterocycles. The van der Waals surface area contributed by atoms with Crippen LogP contribution in [0.4, 0.5) is 0 Å². The molecule has 0 saturated carbocycles. The minimum Gasteiger partial charge on any atom is -0.402 e. The largest absolute Gasteiger partial charge is 0.635 e. The first-order valence-corrected chi connectivity index (χ1v) is 8.44. The fourth-order valence-electron chi connectivity index (χ4n) is 2.57. The van der Waals surface area contributed by atoms with Crippen molar-refractivity contribution in [2.75, 3.05) is 6.54 Å². The molecule has 1 rings (SSSR count). The normalized spacial score (nSPS) is 11.8. The molecule has 142 valence electrons. The Morgan fingerprint density at radius 1 is 1.35 bits per heavy atom. The first-order chi connectivity index (χ1) is 12.1. The van der Waals surface area contributed by atoms with Gasteiger partial charge in [0.05, 0.1) is 0 Å². The Morgan fingerprint density at radius 3 is 2.50 bits per heavy atom. The number of hydrogen-bond acceptors (Lipinski definition) is 5. The quantitative estimate of drug-likeness (QED) is 0.341. The molecule has 0 aliphatic carbocycles. The molecule has 8 heteroatoms. The second-order valence-corrected chi connectivity index (χ2v) is 6.42. The predicted octanol–water partition coefficient (Wildman–Crippen LogP) is 0.697. The molecule has 26 heavy (non-hydrogen) atoms. The Morgan fingerprint density at radius 2 is 2.00 bits per heavy atom. The minimum absolute atomic E-state index is 0.184. The van der Waals surface area contributed by atoms with Crippen LogP contribution < -0.4 is 5.32 Å². The molecule has 1 aromatic carbocycles. The van der Waals surface area contributed by atoms with Crippen LogP contribution in [0.1, 0.15) is 30.5 Å². The highest BCUT2D eigenvalue weighted by atomic mass is 16.6. The Hall–Kier alpha value is -2.16. The average Bonchev–Trinajstić information content (AvgIpc) is 2.53. The highest BCUT2D eigenvalue weighted by Crippen LogP contribution is 2.13. The maximum Gasteiger partial charge on any atom is 0.635 e. The van der Waals surface area contributed by atoms with Crippen molar-refractivity contribution < 1.29 is 24.3 Å². The van der Waals surface area contributed by atoms with Gasteiger partial charge >= 0.3 is 7.32 Å². The Kier molecular flexibility index (Phi) is 8.51. The third-order valence-corrected chi connectivity index (χ3v) is 3.91. The number of amides is 2. The molecular weight excluding hydrogens is 335 g/mol. The van der Waals surface area contributed by atoms with Gasteiger partial charge in [-0.3, -0.25) is 9.59 Å². The number of aryl methyl sites for hydroxylation is 2. The SMILES string of the molecule is C=CC(=O)N(CC(=O)N[C@@H](Cc1ccc(C)cc1C)OB(O)O)C(C)C. The van der Waals surface area contributed by atoms with Crippen LogP contribution in [0.5, 0.6) is 0 Å². The summed E-state index contributed by atoms with van der Waals surface area (Å²) >= 11 is 0. The van der Waals surface area contributed by atoms with Crippen LogP contribution in [0.25, 0.3) is 0 Å². The number of hydrogen-bond donors (Lipinski definition) is 3. The zero-order valence-corrected chi connectivity index (χ0v) is 15.7. The number of benzene rings is 1. The second-order valence-electron chi connectivity index (χ2n) is 6.42. The maximum atomic E-state index is 12.3. The molecule has 0 spiro atoms. The molecule has 0 saturated heterocycles. The van der Waals surface area contributed by atoms with Crippen LogP contribution in [0.3, 0.4) is 0 Å². The molecule has 0 unspecified atom stereocenters. The van der Waals surface area contributed by atoms with Crippen molar-refractivity contribution in [1.29, 1.82) is 0 Å². The topological polar surface area (TPSA) is 99.1 Å². The van der Waals surface area contributed by atoms with Crippen molar-refractivity contribution in [1.82, 2.24) is 10.2 Å². The smallest absolute Gasteiger partial charge is 0.402 e. The van der Waals surface area contributed by atoms with E-state index >= 15 is 0 Å². The van der Waals surface area contributed by atoms with E-state index in [0.29, 0.717) is 0 Å². The monoisotopic (exact) mass is 362 g/mol. The molecule has 1 atom stereocenters. The van der Waals surface area contributed by atoms with Gasteiger partial charge in [-0.15, -0.1) is 0 Å². The number of rotatable bonds is 9. The van der Waals surface area contributed by atoms with E-state index in [1.807, 2.05) is 32.0 Å². The predicted molar refractivity (Wildman–Crippen MR) is 99.9 cm³/mol. The van der Waals surface area contributed by atoms with E-state index in [2.05, 4.69) is 11.9 Å². The highest BCUT2D eigenvalue weighted by molar-refractivity contribution is 6.32. The zero-order chi connectivity index (χ0) is 19.9. The van der Waals surface area contributed by atoms with Crippen LogP contribution in [0.15, 0.2) is 30.9 Å². The summed E-state index contributed by atoms with van der Waals surface area (Å²) < 4.78 is 4.99. The maximum absolute atomic E-state index is 12.3. The summed E-state index contributed by atoms with van der Waals surface area (Å²) in [4.78, 5) is 25.5. The summed E-state index contributed by atoms with van der Waals surface area (Å²) in [5.41, 5.74) is 3.01. The minimum atomic E-state index is -2.03. The van der Waals surface area contributed by atoms with Gasteiger partial charge in [-0.2, -0.15) is 0 Å². The molecule has 0 aromatic heterocycles. The summed E-state index contributed by atoms with van der Waals surface area (Å²) in [7, 11) is -2.03. The summed E-state index contributed by atoms with van der Waals surface area (Å²) in [6, 6.07) is 5.64. The third-order valence-electron chi connectivity index (χ3n) is 3.91. The lowest BCUT2D eigenvalue weighted by molar-refractivity contribution is -0.135. The van der Waals surface area contributed by atoms with Crippen molar-refractivity contribution in [3.05, 3.63) is 47.5 Å². The standard InChI is InChI=1S/C18H27BN2O5/c1-6-18(23)21(12(2)3)11-16(22)20-17(26-19(24)25)10-15-8-7-13(4)9-14(15)5/h6-9,12,17,24-25H,1,10-11H2,2-5H3,(H,20,22)/t17-/m1/s1. The number of carbonyl (C=O) groups excluding carboxylic acids is 2. The average molecular weight is 362 g/mol. The van der Waals surface area contributed by atoms with E-state index in [1.54, 1.807) is 13.8 Å². The van der Waals surface area contributed by atoms with E-state index in [-0.39, 0.29) is 24.9 Å². The van der Waals surface area contributed by atoms with Gasteiger partial charge in [0.15, 0.2) is 0 Å². The van der Waals surface area contributed by atoms with Gasteiger partial charge in [-0.1, -0.05) is 30.3 Å². The van der Waals surface area contributed by atoms with Gasteiger partial charge in [0, 0.05) is 12.5 Å². The van der Waals surface area contributed by atoms with Gasteiger partial charge in [0.1, 0.15) is 12.8 Å².